The van der Waals surface area contributed by atoms with Crippen molar-refractivity contribution in [2.75, 3.05) is 11.9 Å². The van der Waals surface area contributed by atoms with Crippen LogP contribution < -0.4 is 15.4 Å². The van der Waals surface area contributed by atoms with Crippen LogP contribution in [0, 0.1) is 5.92 Å². The van der Waals surface area contributed by atoms with Gasteiger partial charge in [0, 0.05) is 16.3 Å². The van der Waals surface area contributed by atoms with Gasteiger partial charge < -0.3 is 15.4 Å². The van der Waals surface area contributed by atoms with Crippen LogP contribution in [0.5, 0.6) is 5.75 Å². The van der Waals surface area contributed by atoms with Crippen LogP contribution in [0.4, 0.5) is 5.69 Å². The minimum absolute atomic E-state index is 0.0750. The van der Waals surface area contributed by atoms with Crippen molar-refractivity contribution in [3.8, 4) is 5.75 Å². The third kappa shape index (κ3) is 5.49. The van der Waals surface area contributed by atoms with Crippen molar-refractivity contribution >= 4 is 29.1 Å². The lowest BCUT2D eigenvalue weighted by Gasteiger charge is -2.22. The monoisotopic (exact) mass is 374 g/mol. The van der Waals surface area contributed by atoms with Gasteiger partial charge in [0.15, 0.2) is 0 Å². The summed E-state index contributed by atoms with van der Waals surface area (Å²) in [6, 6.07) is 13.0. The molecule has 0 aliphatic rings. The molecule has 6 heteroatoms. The Labute approximate surface area is 158 Å². The van der Waals surface area contributed by atoms with Crippen molar-refractivity contribution in [3.63, 3.8) is 0 Å². The molecule has 0 saturated heterocycles. The molecule has 138 valence electrons. The molecule has 0 aliphatic heterocycles. The Morgan fingerprint density at radius 1 is 1.04 bits per heavy atom. The fourth-order valence-corrected chi connectivity index (χ4v) is 2.51. The molecule has 0 fully saturated rings. The van der Waals surface area contributed by atoms with E-state index in [-0.39, 0.29) is 17.7 Å². The van der Waals surface area contributed by atoms with E-state index in [9.17, 15) is 9.59 Å². The normalized spacial score (nSPS) is 11.7. The Morgan fingerprint density at radius 3 is 2.19 bits per heavy atom. The van der Waals surface area contributed by atoms with Gasteiger partial charge in [-0.15, -0.1) is 0 Å². The van der Waals surface area contributed by atoms with E-state index in [4.69, 9.17) is 16.3 Å². The van der Waals surface area contributed by atoms with Gasteiger partial charge in [-0.25, -0.2) is 0 Å². The molecule has 0 aromatic heterocycles. The number of rotatable bonds is 7. The molecular formula is C20H23ClN2O3. The molecule has 0 bridgehead atoms. The highest BCUT2D eigenvalue weighted by atomic mass is 35.5. The van der Waals surface area contributed by atoms with Gasteiger partial charge in [0.25, 0.3) is 5.91 Å². The van der Waals surface area contributed by atoms with Gasteiger partial charge in [-0.1, -0.05) is 25.4 Å². The molecule has 0 saturated carbocycles. The number of amides is 2. The average Bonchev–Trinajstić information content (AvgIpc) is 2.61. The van der Waals surface area contributed by atoms with Crippen molar-refractivity contribution in [2.24, 2.45) is 5.92 Å². The van der Waals surface area contributed by atoms with E-state index in [1.807, 2.05) is 20.8 Å². The van der Waals surface area contributed by atoms with Crippen LogP contribution >= 0.6 is 11.6 Å². The van der Waals surface area contributed by atoms with Gasteiger partial charge in [-0.2, -0.15) is 0 Å². The molecule has 5 nitrogen and oxygen atoms in total. The summed E-state index contributed by atoms with van der Waals surface area (Å²) >= 11 is 5.84. The maximum Gasteiger partial charge on any atom is 0.251 e. The second kappa shape index (κ2) is 9.25. The quantitative estimate of drug-likeness (QED) is 0.765. The van der Waals surface area contributed by atoms with Gasteiger partial charge in [-0.3, -0.25) is 9.59 Å². The maximum absolute atomic E-state index is 12.6. The predicted octanol–water partition coefficient (Wildman–Crippen LogP) is 4.13. The smallest absolute Gasteiger partial charge is 0.251 e. The van der Waals surface area contributed by atoms with E-state index in [0.717, 1.165) is 5.75 Å². The summed E-state index contributed by atoms with van der Waals surface area (Å²) in [5.41, 5.74) is 1.10. The maximum atomic E-state index is 12.6. The number of benzene rings is 2. The Balaban J connectivity index is 2.04. The molecule has 0 aliphatic carbocycles. The number of halogens is 1. The van der Waals surface area contributed by atoms with Crippen molar-refractivity contribution in [2.45, 2.75) is 26.8 Å². The molecule has 26 heavy (non-hydrogen) atoms. The molecule has 2 aromatic rings. The molecule has 2 aromatic carbocycles. The van der Waals surface area contributed by atoms with Crippen LogP contribution in [0.15, 0.2) is 48.5 Å². The highest BCUT2D eigenvalue weighted by molar-refractivity contribution is 6.30. The van der Waals surface area contributed by atoms with Crippen molar-refractivity contribution < 1.29 is 14.3 Å². The molecular weight excluding hydrogens is 352 g/mol. The van der Waals surface area contributed by atoms with Crippen LogP contribution in [-0.2, 0) is 4.79 Å². The Bertz CT molecular complexity index is 743. The van der Waals surface area contributed by atoms with Crippen LogP contribution in [-0.4, -0.2) is 24.5 Å². The first-order valence-corrected chi connectivity index (χ1v) is 8.88. The SMILES string of the molecule is CCOc1ccc(NC(=O)C(NC(=O)c2ccc(Cl)cc2)C(C)C)cc1. The fourth-order valence-electron chi connectivity index (χ4n) is 2.38. The number of hydrogen-bond acceptors (Lipinski definition) is 3. The standard InChI is InChI=1S/C20H23ClN2O3/c1-4-26-17-11-9-16(10-12-17)22-20(25)18(13(2)3)23-19(24)14-5-7-15(21)8-6-14/h5-13,18H,4H2,1-3H3,(H,22,25)(H,23,24). The minimum atomic E-state index is -0.662. The molecule has 0 radical (unpaired) electrons. The zero-order chi connectivity index (χ0) is 19.1. The van der Waals surface area contributed by atoms with E-state index < -0.39 is 6.04 Å². The zero-order valence-electron chi connectivity index (χ0n) is 15.1. The molecule has 2 rings (SSSR count). The van der Waals surface area contributed by atoms with Crippen molar-refractivity contribution in [1.82, 2.24) is 5.32 Å². The van der Waals surface area contributed by atoms with Gasteiger partial charge >= 0.3 is 0 Å². The lowest BCUT2D eigenvalue weighted by atomic mass is 10.0. The number of anilines is 1. The summed E-state index contributed by atoms with van der Waals surface area (Å²) in [5.74, 6) is 0.0737. The highest BCUT2D eigenvalue weighted by Gasteiger charge is 2.24. The first kappa shape index (κ1) is 19.8. The van der Waals surface area contributed by atoms with Gasteiger partial charge in [0.2, 0.25) is 5.91 Å². The number of carbonyl (C=O) groups is 2. The summed E-state index contributed by atoms with van der Waals surface area (Å²) in [4.78, 5) is 25.0. The zero-order valence-corrected chi connectivity index (χ0v) is 15.8. The summed E-state index contributed by atoms with van der Waals surface area (Å²) in [6.07, 6.45) is 0. The highest BCUT2D eigenvalue weighted by Crippen LogP contribution is 2.17. The summed E-state index contributed by atoms with van der Waals surface area (Å²) in [6.45, 7) is 6.25. The lowest BCUT2D eigenvalue weighted by Crippen LogP contribution is -2.47. The number of carbonyl (C=O) groups excluding carboxylic acids is 2. The van der Waals surface area contributed by atoms with E-state index in [1.165, 1.54) is 0 Å². The van der Waals surface area contributed by atoms with Crippen molar-refractivity contribution in [3.05, 3.63) is 59.1 Å². The topological polar surface area (TPSA) is 67.4 Å². The lowest BCUT2D eigenvalue weighted by molar-refractivity contribution is -0.118. The van der Waals surface area contributed by atoms with Crippen LogP contribution in [0.1, 0.15) is 31.1 Å². The molecule has 0 spiro atoms. The number of hydrogen-bond donors (Lipinski definition) is 2. The Kier molecular flexibility index (Phi) is 7.04. The van der Waals surface area contributed by atoms with Gasteiger partial charge in [0.1, 0.15) is 11.8 Å². The van der Waals surface area contributed by atoms with E-state index in [0.29, 0.717) is 22.9 Å². The number of nitrogens with one attached hydrogen (secondary N) is 2. The first-order valence-electron chi connectivity index (χ1n) is 8.51. The molecule has 2 N–H and O–H groups in total. The second-order valence-corrected chi connectivity index (χ2v) is 6.59. The van der Waals surface area contributed by atoms with E-state index in [2.05, 4.69) is 10.6 Å². The van der Waals surface area contributed by atoms with Crippen LogP contribution in [0.25, 0.3) is 0 Å². The summed E-state index contributed by atoms with van der Waals surface area (Å²) in [5, 5.41) is 6.16. The van der Waals surface area contributed by atoms with Crippen LogP contribution in [0.2, 0.25) is 5.02 Å². The summed E-state index contributed by atoms with van der Waals surface area (Å²) < 4.78 is 5.38. The van der Waals surface area contributed by atoms with Crippen molar-refractivity contribution in [1.29, 1.82) is 0 Å². The van der Waals surface area contributed by atoms with E-state index >= 15 is 0 Å². The predicted molar refractivity (Wildman–Crippen MR) is 104 cm³/mol. The van der Waals surface area contributed by atoms with Gasteiger partial charge in [-0.05, 0) is 61.4 Å². The molecule has 1 unspecified atom stereocenters. The third-order valence-corrected chi connectivity index (χ3v) is 4.03. The Morgan fingerprint density at radius 2 is 1.65 bits per heavy atom. The van der Waals surface area contributed by atoms with Gasteiger partial charge in [0.05, 0.1) is 6.61 Å². The first-order chi connectivity index (χ1) is 12.4. The number of ether oxygens (including phenoxy) is 1. The average molecular weight is 375 g/mol. The molecule has 2 amide bonds. The van der Waals surface area contributed by atoms with E-state index in [1.54, 1.807) is 48.5 Å². The summed E-state index contributed by atoms with van der Waals surface area (Å²) in [7, 11) is 0. The minimum Gasteiger partial charge on any atom is -0.494 e. The fraction of sp³-hybridized carbons (Fsp3) is 0.300. The second-order valence-electron chi connectivity index (χ2n) is 6.15. The molecule has 0 heterocycles. The van der Waals surface area contributed by atoms with Crippen LogP contribution in [0.3, 0.4) is 0 Å². The largest absolute Gasteiger partial charge is 0.494 e. The third-order valence-electron chi connectivity index (χ3n) is 3.78. The Hall–Kier alpha value is -2.53. The molecule has 1 atom stereocenters.